The second kappa shape index (κ2) is 23.5. The van der Waals surface area contributed by atoms with Crippen LogP contribution in [0.1, 0.15) is 115 Å². The normalized spacial score (nSPS) is 14.1. The molecule has 1 heterocycles. The highest BCUT2D eigenvalue weighted by molar-refractivity contribution is 7.80. The van der Waals surface area contributed by atoms with Crippen LogP contribution in [0, 0.1) is 11.8 Å². The quantitative estimate of drug-likeness (QED) is 0.105. The molecule has 1 aromatic heterocycles. The van der Waals surface area contributed by atoms with Crippen molar-refractivity contribution in [2.24, 2.45) is 17.6 Å². The van der Waals surface area contributed by atoms with Gasteiger partial charge in [-0.2, -0.15) is 5.10 Å². The molecule has 1 aliphatic rings. The van der Waals surface area contributed by atoms with Crippen LogP contribution in [0.5, 0.6) is 0 Å². The minimum Gasteiger partial charge on any atom is -0.398 e. The summed E-state index contributed by atoms with van der Waals surface area (Å²) in [6.45, 7) is 22.0. The first-order valence-corrected chi connectivity index (χ1v) is 17.9. The van der Waals surface area contributed by atoms with Crippen molar-refractivity contribution in [1.82, 2.24) is 14.7 Å². The van der Waals surface area contributed by atoms with Crippen LogP contribution in [-0.2, 0) is 11.2 Å². The van der Waals surface area contributed by atoms with E-state index in [9.17, 15) is 9.59 Å². The number of benzene rings is 1. The average molecular weight is 676 g/mol. The maximum absolute atomic E-state index is 12.5. The molecule has 1 aliphatic carbocycles. The molecule has 7 nitrogen and oxygen atoms in total. The highest BCUT2D eigenvalue weighted by Gasteiger charge is 2.25. The lowest BCUT2D eigenvalue weighted by molar-refractivity contribution is -0.136. The highest BCUT2D eigenvalue weighted by atomic mass is 32.1. The smallest absolute Gasteiger partial charge is 0.269 e. The summed E-state index contributed by atoms with van der Waals surface area (Å²) >= 11 is 4.35. The van der Waals surface area contributed by atoms with Gasteiger partial charge in [-0.1, -0.05) is 109 Å². The van der Waals surface area contributed by atoms with E-state index >= 15 is 0 Å². The van der Waals surface area contributed by atoms with Gasteiger partial charge in [0.1, 0.15) is 0 Å². The number of carbonyl (C=O) groups is 2. The van der Waals surface area contributed by atoms with E-state index in [4.69, 9.17) is 11.5 Å². The molecule has 0 saturated heterocycles. The van der Waals surface area contributed by atoms with E-state index in [-0.39, 0.29) is 5.69 Å². The number of primary amides is 1. The zero-order valence-corrected chi connectivity index (χ0v) is 31.3. The van der Waals surface area contributed by atoms with Crippen molar-refractivity contribution in [2.75, 3.05) is 18.8 Å². The van der Waals surface area contributed by atoms with Crippen LogP contribution in [-0.4, -0.2) is 39.6 Å². The largest absolute Gasteiger partial charge is 0.398 e. The number of anilines is 1. The van der Waals surface area contributed by atoms with E-state index in [0.29, 0.717) is 28.8 Å². The molecule has 2 amide bonds. The molecule has 1 fully saturated rings. The Kier molecular flexibility index (Phi) is 20.7. The van der Waals surface area contributed by atoms with Gasteiger partial charge in [0.25, 0.3) is 5.91 Å². The van der Waals surface area contributed by atoms with Crippen molar-refractivity contribution in [3.8, 4) is 0 Å². The molecular formula is C40H61N5O2S. The predicted octanol–water partition coefficient (Wildman–Crippen LogP) is 9.43. The zero-order chi connectivity index (χ0) is 36.1. The lowest BCUT2D eigenvalue weighted by atomic mass is 9.88. The summed E-state index contributed by atoms with van der Waals surface area (Å²) in [5, 5.41) is 4.30. The molecule has 3 rings (SSSR count). The SMILES string of the molecule is C=C(C)/C=C\C=C/C.C=C/C=C(/c1ccc(N)c(S)c1)n1nc(C(N)=O)cc1CC.CCCN(CCC(C)CC)C(=O)C1CCCCC1. The predicted molar refractivity (Wildman–Crippen MR) is 208 cm³/mol. The first kappa shape index (κ1) is 42.2. The summed E-state index contributed by atoms with van der Waals surface area (Å²) in [5.74, 6) is 0.962. The van der Waals surface area contributed by atoms with Crippen molar-refractivity contribution >= 4 is 35.8 Å². The van der Waals surface area contributed by atoms with Gasteiger partial charge in [0.2, 0.25) is 5.91 Å². The fraction of sp³-hybridized carbons (Fsp3) is 0.475. The molecule has 1 aromatic carbocycles. The second-order valence-corrected chi connectivity index (χ2v) is 12.9. The molecule has 1 atom stereocenters. The number of allylic oxidation sites excluding steroid dienone is 7. The third-order valence-electron chi connectivity index (χ3n) is 8.26. The molecule has 0 bridgehead atoms. The molecule has 264 valence electrons. The van der Waals surface area contributed by atoms with Gasteiger partial charge in [0.15, 0.2) is 5.69 Å². The van der Waals surface area contributed by atoms with Crippen LogP contribution in [0.3, 0.4) is 0 Å². The summed E-state index contributed by atoms with van der Waals surface area (Å²) in [6.07, 6.45) is 21.6. The maximum atomic E-state index is 12.5. The summed E-state index contributed by atoms with van der Waals surface area (Å²) in [6, 6.07) is 7.19. The van der Waals surface area contributed by atoms with Crippen LogP contribution in [0.4, 0.5) is 5.69 Å². The molecule has 48 heavy (non-hydrogen) atoms. The molecule has 2 aromatic rings. The third kappa shape index (κ3) is 15.0. The van der Waals surface area contributed by atoms with Gasteiger partial charge >= 0.3 is 0 Å². The Morgan fingerprint density at radius 2 is 1.81 bits per heavy atom. The van der Waals surface area contributed by atoms with E-state index in [1.807, 2.05) is 63.3 Å². The topological polar surface area (TPSA) is 107 Å². The Bertz CT molecular complexity index is 1400. The van der Waals surface area contributed by atoms with Crippen molar-refractivity contribution in [3.05, 3.63) is 96.4 Å². The summed E-state index contributed by atoms with van der Waals surface area (Å²) in [4.78, 5) is 26.7. The van der Waals surface area contributed by atoms with E-state index < -0.39 is 5.91 Å². The number of carbonyl (C=O) groups excluding carboxylic acids is 2. The minimum absolute atomic E-state index is 0.230. The van der Waals surface area contributed by atoms with Crippen LogP contribution >= 0.6 is 12.6 Å². The fourth-order valence-electron chi connectivity index (χ4n) is 5.23. The Hall–Kier alpha value is -3.78. The van der Waals surface area contributed by atoms with Crippen molar-refractivity contribution in [2.45, 2.75) is 104 Å². The van der Waals surface area contributed by atoms with Gasteiger partial charge in [-0.25, -0.2) is 4.68 Å². The van der Waals surface area contributed by atoms with E-state index in [2.05, 4.69) is 56.6 Å². The number of thiol groups is 1. The molecule has 4 N–H and O–H groups in total. The number of hydrogen-bond donors (Lipinski definition) is 3. The average Bonchev–Trinajstić information content (AvgIpc) is 3.52. The number of aryl methyl sites for hydroxylation is 1. The minimum atomic E-state index is -0.557. The lowest BCUT2D eigenvalue weighted by Gasteiger charge is -2.30. The Morgan fingerprint density at radius 3 is 2.33 bits per heavy atom. The van der Waals surface area contributed by atoms with Crippen molar-refractivity contribution in [1.29, 1.82) is 0 Å². The molecule has 1 saturated carbocycles. The van der Waals surface area contributed by atoms with Crippen LogP contribution in [0.15, 0.2) is 84.3 Å². The lowest BCUT2D eigenvalue weighted by Crippen LogP contribution is -2.38. The molecule has 1 unspecified atom stereocenters. The number of amides is 2. The summed E-state index contributed by atoms with van der Waals surface area (Å²) in [7, 11) is 0. The summed E-state index contributed by atoms with van der Waals surface area (Å²) in [5.41, 5.74) is 15.6. The van der Waals surface area contributed by atoms with Gasteiger partial charge in [0.05, 0.1) is 5.70 Å². The second-order valence-electron chi connectivity index (χ2n) is 12.4. The van der Waals surface area contributed by atoms with Crippen molar-refractivity contribution < 1.29 is 9.59 Å². The number of rotatable bonds is 14. The summed E-state index contributed by atoms with van der Waals surface area (Å²) < 4.78 is 1.69. The molecular weight excluding hydrogens is 615 g/mol. The molecule has 8 heteroatoms. The highest BCUT2D eigenvalue weighted by Crippen LogP contribution is 2.27. The number of hydrogen-bond acceptors (Lipinski definition) is 5. The number of nitrogens with two attached hydrogens (primary N) is 2. The number of aromatic nitrogens is 2. The van der Waals surface area contributed by atoms with Crippen LogP contribution in [0.2, 0.25) is 0 Å². The first-order chi connectivity index (χ1) is 22.9. The fourth-order valence-corrected chi connectivity index (χ4v) is 5.44. The zero-order valence-electron chi connectivity index (χ0n) is 30.4. The molecule has 0 spiro atoms. The van der Waals surface area contributed by atoms with E-state index in [0.717, 1.165) is 67.2 Å². The van der Waals surface area contributed by atoms with Crippen LogP contribution in [0.25, 0.3) is 5.70 Å². The maximum Gasteiger partial charge on any atom is 0.269 e. The molecule has 0 aliphatic heterocycles. The third-order valence-corrected chi connectivity index (χ3v) is 8.65. The van der Waals surface area contributed by atoms with E-state index in [1.165, 1.54) is 25.7 Å². The standard InChI is InChI=1S/C16H18N4OS.C16H31NO.C8H12/c1-3-5-14(10-6-7-12(17)15(22)8-10)20-11(4-2)9-13(19-20)16(18)21;1-4-12-17(13-11-14(3)5-2)16(18)15-9-7-6-8-10-15;1-4-5-6-7-8(2)3/h3,5-9,22H,1,4,17H2,2H3,(H2,18,21);14-15H,4-13H2,1-3H3;4-7H,2H2,1,3H3/b14-5-;;5-4-,7-6-. The van der Waals surface area contributed by atoms with Gasteiger partial charge in [0, 0.05) is 40.8 Å². The van der Waals surface area contributed by atoms with E-state index in [1.54, 1.807) is 22.9 Å². The van der Waals surface area contributed by atoms with Gasteiger partial charge < -0.3 is 16.4 Å². The van der Waals surface area contributed by atoms with Gasteiger partial charge in [-0.3, -0.25) is 9.59 Å². The van der Waals surface area contributed by atoms with Gasteiger partial charge in [-0.15, -0.1) is 12.6 Å². The van der Waals surface area contributed by atoms with Crippen molar-refractivity contribution in [3.63, 3.8) is 0 Å². The monoisotopic (exact) mass is 675 g/mol. The number of nitrogens with zero attached hydrogens (tertiary/aromatic N) is 3. The molecule has 0 radical (unpaired) electrons. The Morgan fingerprint density at radius 1 is 1.12 bits per heavy atom. The Labute approximate surface area is 296 Å². The van der Waals surface area contributed by atoms with Gasteiger partial charge in [-0.05, 0) is 76.1 Å². The number of nitrogen functional groups attached to an aromatic ring is 1. The first-order valence-electron chi connectivity index (χ1n) is 17.5. The Balaban J connectivity index is 0.000000398. The van der Waals surface area contributed by atoms with Crippen LogP contribution < -0.4 is 11.5 Å².